The molecule has 0 saturated carbocycles. The van der Waals surface area contributed by atoms with Gasteiger partial charge in [-0.15, -0.1) is 0 Å². The monoisotopic (exact) mass is 962 g/mol. The highest BCUT2D eigenvalue weighted by atomic mass is 19.4. The predicted molar refractivity (Wildman–Crippen MR) is 296 cm³/mol. The van der Waals surface area contributed by atoms with Crippen LogP contribution < -0.4 is 0 Å². The van der Waals surface area contributed by atoms with Gasteiger partial charge < -0.3 is 9.13 Å². The van der Waals surface area contributed by atoms with E-state index in [1.807, 2.05) is 24.3 Å². The molecule has 0 radical (unpaired) electrons. The molecule has 0 aliphatic carbocycles. The molecule has 354 valence electrons. The number of benzene rings is 10. The lowest BCUT2D eigenvalue weighted by Gasteiger charge is -2.22. The molecule has 0 N–H and O–H groups in total. The first-order valence-corrected chi connectivity index (χ1v) is 24.5. The smallest absolute Gasteiger partial charge is 0.307 e. The number of aryl methyl sites for hydroxylation is 4. The maximum atomic E-state index is 15.4. The first-order chi connectivity index (χ1) is 35.8. The van der Waals surface area contributed by atoms with Gasteiger partial charge in [-0.25, -0.2) is 0 Å². The third-order valence-corrected chi connectivity index (χ3v) is 14.4. The van der Waals surface area contributed by atoms with E-state index >= 15 is 13.2 Å². The molecule has 7 heteroatoms. The topological polar surface area (TPSA) is 57.4 Å². The Morgan fingerprint density at radius 3 is 1.00 bits per heavy atom. The van der Waals surface area contributed by atoms with Crippen LogP contribution in [0.1, 0.15) is 38.9 Å². The summed E-state index contributed by atoms with van der Waals surface area (Å²) in [6.45, 7) is 8.26. The van der Waals surface area contributed by atoms with E-state index in [-0.39, 0.29) is 22.3 Å². The second-order valence-electron chi connectivity index (χ2n) is 19.4. The van der Waals surface area contributed by atoms with Crippen molar-refractivity contribution in [2.45, 2.75) is 33.9 Å². The minimum Gasteiger partial charge on any atom is -0.307 e. The number of rotatable bonds is 7. The first-order valence-electron chi connectivity index (χ1n) is 24.5. The molecule has 4 nitrogen and oxygen atoms in total. The molecule has 0 atom stereocenters. The zero-order valence-electron chi connectivity index (χ0n) is 41.0. The number of nitrogens with zero attached hydrogens (tertiary/aromatic N) is 4. The Labute approximate surface area is 426 Å². The average Bonchev–Trinajstić information content (AvgIpc) is 3.92. The summed E-state index contributed by atoms with van der Waals surface area (Å²) in [4.78, 5) is 0. The van der Waals surface area contributed by atoms with Gasteiger partial charge in [0.25, 0.3) is 0 Å². The van der Waals surface area contributed by atoms with Crippen LogP contribution >= 0.6 is 0 Å². The number of halogens is 3. The molecular formula is C67H45F3N4. The van der Waals surface area contributed by atoms with Crippen molar-refractivity contribution in [1.82, 2.24) is 9.13 Å². The second-order valence-corrected chi connectivity index (χ2v) is 19.4. The minimum atomic E-state index is -4.85. The Morgan fingerprint density at radius 2 is 0.676 bits per heavy atom. The number of aromatic nitrogens is 2. The number of fused-ring (bicyclic) bond motifs is 6. The average molecular weight is 963 g/mol. The lowest BCUT2D eigenvalue weighted by Crippen LogP contribution is -2.10. The minimum absolute atomic E-state index is 0.00271. The van der Waals surface area contributed by atoms with E-state index in [1.165, 1.54) is 12.1 Å². The summed E-state index contributed by atoms with van der Waals surface area (Å²) in [6, 6.07) is 70.4. The highest BCUT2D eigenvalue weighted by Gasteiger charge is 2.36. The Bertz CT molecular complexity index is 4180. The molecule has 0 unspecified atom stereocenters. The molecular weight excluding hydrogens is 918 g/mol. The standard InChI is InChI=1S/C67H45F3N4/c1-40-10-5-14-44(28-40)48-20-24-54-55-25-21-49(45-15-6-11-41(2)29-45)33-61(55)73(60(54)32-48)64-36-53(39-72)58(66-52(38-71)18-9-19-59(66)67(68,69)70)37-65(64)74-62-34-50(46-16-7-12-42(3)30-46)22-26-56(62)57-27-23-51(35-63(57)74)47-17-8-13-43(4)31-47/h5-37H,1-4H3. The fourth-order valence-electron chi connectivity index (χ4n) is 11.0. The molecule has 0 fully saturated rings. The predicted octanol–water partition coefficient (Wildman–Crippen LogP) is 18.2. The van der Waals surface area contributed by atoms with Crippen LogP contribution in [0.25, 0.3) is 111 Å². The summed E-state index contributed by atoms with van der Waals surface area (Å²) in [6.07, 6.45) is -4.85. The molecule has 0 aliphatic heterocycles. The van der Waals surface area contributed by atoms with Crippen molar-refractivity contribution < 1.29 is 13.2 Å². The molecule has 2 aromatic heterocycles. The van der Waals surface area contributed by atoms with Crippen molar-refractivity contribution >= 4 is 43.6 Å². The van der Waals surface area contributed by atoms with Gasteiger partial charge >= 0.3 is 6.18 Å². The van der Waals surface area contributed by atoms with Gasteiger partial charge in [0.2, 0.25) is 0 Å². The molecule has 0 spiro atoms. The maximum absolute atomic E-state index is 15.4. The van der Waals surface area contributed by atoms with E-state index in [9.17, 15) is 10.5 Å². The van der Waals surface area contributed by atoms with Gasteiger partial charge in [0.15, 0.2) is 0 Å². The van der Waals surface area contributed by atoms with Crippen molar-refractivity contribution in [3.05, 3.63) is 239 Å². The Balaban J connectivity index is 1.29. The van der Waals surface area contributed by atoms with Gasteiger partial charge in [-0.05, 0) is 121 Å². The van der Waals surface area contributed by atoms with E-state index in [0.717, 1.165) is 116 Å². The van der Waals surface area contributed by atoms with Crippen LogP contribution in [0.2, 0.25) is 0 Å². The molecule has 0 amide bonds. The number of hydrogen-bond donors (Lipinski definition) is 0. The first kappa shape index (κ1) is 45.7. The van der Waals surface area contributed by atoms with Gasteiger partial charge in [0.05, 0.1) is 62.3 Å². The van der Waals surface area contributed by atoms with Gasteiger partial charge in [-0.3, -0.25) is 0 Å². The molecule has 12 aromatic rings. The summed E-state index contributed by atoms with van der Waals surface area (Å²) in [7, 11) is 0. The molecule has 74 heavy (non-hydrogen) atoms. The molecule has 2 heterocycles. The molecule has 0 bridgehead atoms. The largest absolute Gasteiger partial charge is 0.417 e. The summed E-state index contributed by atoms with van der Waals surface area (Å²) in [5, 5.41) is 25.7. The van der Waals surface area contributed by atoms with Crippen molar-refractivity contribution in [1.29, 1.82) is 10.5 Å². The Morgan fingerprint density at radius 1 is 0.351 bits per heavy atom. The number of nitriles is 2. The van der Waals surface area contributed by atoms with Crippen LogP contribution in [0.5, 0.6) is 0 Å². The Kier molecular flexibility index (Phi) is 10.9. The normalized spacial score (nSPS) is 11.7. The van der Waals surface area contributed by atoms with Gasteiger partial charge in [-0.1, -0.05) is 174 Å². The van der Waals surface area contributed by atoms with Crippen LogP contribution in [0.15, 0.2) is 200 Å². The Hall–Kier alpha value is -9.43. The third-order valence-electron chi connectivity index (χ3n) is 14.4. The SMILES string of the molecule is Cc1cccc(-c2ccc3c4ccc(-c5cccc(C)c5)cc4n(-c4cc(C#N)c(-c5c(C#N)cccc5C(F)(F)F)cc4-n4c5cc(-c6cccc(C)c6)ccc5c5ccc(-c6cccc(C)c6)cc54)c3c2)c1. The van der Waals surface area contributed by atoms with Crippen LogP contribution in [0.4, 0.5) is 13.2 Å². The van der Waals surface area contributed by atoms with Gasteiger partial charge in [0.1, 0.15) is 0 Å². The summed E-state index contributed by atoms with van der Waals surface area (Å²) < 4.78 is 50.5. The number of hydrogen-bond acceptors (Lipinski definition) is 2. The lowest BCUT2D eigenvalue weighted by atomic mass is 9.90. The van der Waals surface area contributed by atoms with Crippen molar-refractivity contribution in [3.63, 3.8) is 0 Å². The summed E-state index contributed by atoms with van der Waals surface area (Å²) in [5.41, 5.74) is 15.2. The van der Waals surface area contributed by atoms with Crippen LogP contribution in [-0.2, 0) is 6.18 Å². The van der Waals surface area contributed by atoms with E-state index in [2.05, 4.69) is 195 Å². The summed E-state index contributed by atoms with van der Waals surface area (Å²) in [5.74, 6) is 0. The van der Waals surface area contributed by atoms with E-state index in [1.54, 1.807) is 12.1 Å². The van der Waals surface area contributed by atoms with Crippen molar-refractivity contribution in [2.75, 3.05) is 0 Å². The zero-order chi connectivity index (χ0) is 51.0. The fourth-order valence-corrected chi connectivity index (χ4v) is 11.0. The molecule has 0 saturated heterocycles. The summed E-state index contributed by atoms with van der Waals surface area (Å²) >= 11 is 0. The van der Waals surface area contributed by atoms with Crippen LogP contribution in [0, 0.1) is 50.4 Å². The van der Waals surface area contributed by atoms with E-state index in [0.29, 0.717) is 11.4 Å². The maximum Gasteiger partial charge on any atom is 0.417 e. The van der Waals surface area contributed by atoms with Gasteiger partial charge in [0, 0.05) is 32.7 Å². The van der Waals surface area contributed by atoms with Crippen molar-refractivity contribution in [2.24, 2.45) is 0 Å². The van der Waals surface area contributed by atoms with Gasteiger partial charge in [-0.2, -0.15) is 23.7 Å². The second kappa shape index (κ2) is 17.7. The fraction of sp³-hybridized carbons (Fsp3) is 0.0746. The zero-order valence-corrected chi connectivity index (χ0v) is 41.0. The van der Waals surface area contributed by atoms with Crippen LogP contribution in [-0.4, -0.2) is 9.13 Å². The molecule has 0 aliphatic rings. The van der Waals surface area contributed by atoms with Crippen molar-refractivity contribution in [3.8, 4) is 79.1 Å². The number of alkyl halides is 3. The van der Waals surface area contributed by atoms with Crippen LogP contribution in [0.3, 0.4) is 0 Å². The highest BCUT2D eigenvalue weighted by molar-refractivity contribution is 6.14. The van der Waals surface area contributed by atoms with E-state index in [4.69, 9.17) is 0 Å². The molecule has 10 aromatic carbocycles. The lowest BCUT2D eigenvalue weighted by molar-refractivity contribution is -0.137. The van der Waals surface area contributed by atoms with E-state index < -0.39 is 11.7 Å². The highest BCUT2D eigenvalue weighted by Crippen LogP contribution is 2.46. The third kappa shape index (κ3) is 7.78. The molecule has 12 rings (SSSR count). The quantitative estimate of drug-likeness (QED) is 0.160.